The van der Waals surface area contributed by atoms with Crippen molar-refractivity contribution in [3.05, 3.63) is 62.4 Å². The molecule has 9 heteroatoms. The van der Waals surface area contributed by atoms with E-state index in [1.54, 1.807) is 42.3 Å². The van der Waals surface area contributed by atoms with Gasteiger partial charge in [-0.25, -0.2) is 4.39 Å². The van der Waals surface area contributed by atoms with E-state index < -0.39 is 11.9 Å². The Morgan fingerprint density at radius 3 is 2.41 bits per heavy atom. The van der Waals surface area contributed by atoms with Crippen LogP contribution in [0.2, 0.25) is 10.0 Å². The van der Waals surface area contributed by atoms with Gasteiger partial charge in [0.15, 0.2) is 0 Å². The van der Waals surface area contributed by atoms with Crippen molar-refractivity contribution in [1.29, 1.82) is 0 Å². The van der Waals surface area contributed by atoms with Crippen LogP contribution in [0.15, 0.2) is 18.2 Å². The predicted octanol–water partition coefficient (Wildman–Crippen LogP) is 5.01. The molecule has 2 aromatic heterocycles. The SMILES string of the molecule is Cc1nn(C(C)C(=O)Nc2c(C)nn(Cc3c(F)cccc3Cl)c2C)c(C)c1Cl. The van der Waals surface area contributed by atoms with Crippen LogP contribution in [-0.4, -0.2) is 25.5 Å². The molecule has 0 saturated carbocycles. The Bertz CT molecular complexity index is 1070. The Balaban J connectivity index is 1.85. The van der Waals surface area contributed by atoms with Crippen LogP contribution in [0, 0.1) is 33.5 Å². The zero-order chi connectivity index (χ0) is 21.5. The average Bonchev–Trinajstić information content (AvgIpc) is 3.08. The van der Waals surface area contributed by atoms with Crippen molar-refractivity contribution in [2.45, 2.75) is 47.2 Å². The van der Waals surface area contributed by atoms with Crippen molar-refractivity contribution in [2.75, 3.05) is 5.32 Å². The van der Waals surface area contributed by atoms with Gasteiger partial charge in [0.2, 0.25) is 5.91 Å². The summed E-state index contributed by atoms with van der Waals surface area (Å²) in [5.74, 6) is -0.646. The first kappa shape index (κ1) is 21.3. The maximum atomic E-state index is 14.1. The molecule has 3 rings (SSSR count). The zero-order valence-electron chi connectivity index (χ0n) is 16.8. The monoisotopic (exact) mass is 437 g/mol. The molecule has 2 heterocycles. The standard InChI is InChI=1S/C20H22Cl2FN5O/c1-10-18(22)12(3)28(26-10)14(5)20(29)24-19-11(2)25-27(13(19)4)9-15-16(21)7-6-8-17(15)23/h6-8,14H,9H2,1-5H3,(H,24,29). The quantitative estimate of drug-likeness (QED) is 0.609. The molecule has 1 N–H and O–H groups in total. The van der Waals surface area contributed by atoms with Crippen molar-refractivity contribution < 1.29 is 9.18 Å². The molecule has 154 valence electrons. The van der Waals surface area contributed by atoms with Crippen LogP contribution in [0.25, 0.3) is 0 Å². The second-order valence-corrected chi connectivity index (χ2v) is 7.78. The van der Waals surface area contributed by atoms with Gasteiger partial charge in [-0.3, -0.25) is 14.2 Å². The molecule has 0 bridgehead atoms. The molecular weight excluding hydrogens is 416 g/mol. The highest BCUT2D eigenvalue weighted by Crippen LogP contribution is 2.26. The Labute approximate surface area is 178 Å². The summed E-state index contributed by atoms with van der Waals surface area (Å²) in [7, 11) is 0. The van der Waals surface area contributed by atoms with Crippen molar-refractivity contribution in [1.82, 2.24) is 19.6 Å². The van der Waals surface area contributed by atoms with Crippen molar-refractivity contribution in [3.63, 3.8) is 0 Å². The van der Waals surface area contributed by atoms with Crippen molar-refractivity contribution in [3.8, 4) is 0 Å². The molecule has 1 atom stereocenters. The fraction of sp³-hybridized carbons (Fsp3) is 0.350. The molecule has 0 fully saturated rings. The Morgan fingerprint density at radius 1 is 1.14 bits per heavy atom. The van der Waals surface area contributed by atoms with Crippen LogP contribution in [0.3, 0.4) is 0 Å². The number of carbonyl (C=O) groups excluding carboxylic acids is 1. The third-order valence-electron chi connectivity index (χ3n) is 4.98. The van der Waals surface area contributed by atoms with E-state index in [0.717, 1.165) is 5.69 Å². The highest BCUT2D eigenvalue weighted by atomic mass is 35.5. The molecule has 3 aromatic rings. The van der Waals surface area contributed by atoms with Gasteiger partial charge in [0.25, 0.3) is 0 Å². The molecule has 1 amide bonds. The molecule has 6 nitrogen and oxygen atoms in total. The molecule has 0 aliphatic carbocycles. The Kier molecular flexibility index (Phi) is 6.00. The van der Waals surface area contributed by atoms with E-state index in [9.17, 15) is 9.18 Å². The van der Waals surface area contributed by atoms with Crippen molar-refractivity contribution in [2.24, 2.45) is 0 Å². The minimum Gasteiger partial charge on any atom is -0.321 e. The van der Waals surface area contributed by atoms with Crippen LogP contribution in [0.5, 0.6) is 0 Å². The molecule has 0 saturated heterocycles. The average molecular weight is 438 g/mol. The van der Waals surface area contributed by atoms with Gasteiger partial charge in [-0.05, 0) is 46.8 Å². The van der Waals surface area contributed by atoms with Crippen LogP contribution in [0.1, 0.15) is 41.3 Å². The number of halogens is 3. The molecule has 0 spiro atoms. The number of hydrogen-bond donors (Lipinski definition) is 1. The summed E-state index contributed by atoms with van der Waals surface area (Å²) in [5.41, 5.74) is 3.66. The first-order valence-electron chi connectivity index (χ1n) is 9.10. The van der Waals surface area contributed by atoms with E-state index in [1.165, 1.54) is 6.07 Å². The van der Waals surface area contributed by atoms with E-state index in [4.69, 9.17) is 23.2 Å². The molecule has 0 aliphatic heterocycles. The minimum atomic E-state index is -0.565. The maximum Gasteiger partial charge on any atom is 0.249 e. The number of aryl methyl sites for hydroxylation is 2. The molecule has 1 aromatic carbocycles. The number of anilines is 1. The molecule has 1 unspecified atom stereocenters. The summed E-state index contributed by atoms with van der Waals surface area (Å²) in [6.45, 7) is 9.12. The van der Waals surface area contributed by atoms with Crippen LogP contribution in [-0.2, 0) is 11.3 Å². The maximum absolute atomic E-state index is 14.1. The summed E-state index contributed by atoms with van der Waals surface area (Å²) in [6.07, 6.45) is 0. The third kappa shape index (κ3) is 4.02. The van der Waals surface area contributed by atoms with Gasteiger partial charge in [-0.1, -0.05) is 29.3 Å². The van der Waals surface area contributed by atoms with E-state index in [2.05, 4.69) is 15.5 Å². The number of carbonyl (C=O) groups is 1. The van der Waals surface area contributed by atoms with Gasteiger partial charge in [-0.2, -0.15) is 10.2 Å². The lowest BCUT2D eigenvalue weighted by Crippen LogP contribution is -2.25. The minimum absolute atomic E-state index is 0.163. The summed E-state index contributed by atoms with van der Waals surface area (Å²) in [6, 6.07) is 3.98. The van der Waals surface area contributed by atoms with E-state index in [-0.39, 0.29) is 12.5 Å². The Morgan fingerprint density at radius 2 is 1.83 bits per heavy atom. The van der Waals surface area contributed by atoms with Crippen LogP contribution < -0.4 is 5.32 Å². The molecule has 29 heavy (non-hydrogen) atoms. The van der Waals surface area contributed by atoms with Gasteiger partial charge in [0.1, 0.15) is 11.9 Å². The number of aromatic nitrogens is 4. The molecule has 0 aliphatic rings. The summed E-state index contributed by atoms with van der Waals surface area (Å²) in [5, 5.41) is 12.6. The predicted molar refractivity (Wildman–Crippen MR) is 112 cm³/mol. The summed E-state index contributed by atoms with van der Waals surface area (Å²) in [4.78, 5) is 12.8. The molecular formula is C20H22Cl2FN5O. The third-order valence-corrected chi connectivity index (χ3v) is 5.88. The summed E-state index contributed by atoms with van der Waals surface area (Å²) < 4.78 is 17.4. The fourth-order valence-corrected chi connectivity index (χ4v) is 3.57. The number of amides is 1. The second-order valence-electron chi connectivity index (χ2n) is 7.00. The van der Waals surface area contributed by atoms with Gasteiger partial charge >= 0.3 is 0 Å². The van der Waals surface area contributed by atoms with Gasteiger partial charge < -0.3 is 5.32 Å². The van der Waals surface area contributed by atoms with Crippen LogP contribution >= 0.6 is 23.2 Å². The van der Waals surface area contributed by atoms with Crippen molar-refractivity contribution >= 4 is 34.8 Å². The number of rotatable bonds is 5. The van der Waals surface area contributed by atoms with Crippen LogP contribution in [0.4, 0.5) is 10.1 Å². The van der Waals surface area contributed by atoms with Gasteiger partial charge in [0, 0.05) is 10.6 Å². The van der Waals surface area contributed by atoms with E-state index in [0.29, 0.717) is 38.4 Å². The second kappa shape index (κ2) is 8.16. The number of benzene rings is 1. The van der Waals surface area contributed by atoms with Gasteiger partial charge in [-0.15, -0.1) is 0 Å². The lowest BCUT2D eigenvalue weighted by Gasteiger charge is -2.15. The lowest BCUT2D eigenvalue weighted by atomic mass is 10.2. The lowest BCUT2D eigenvalue weighted by molar-refractivity contribution is -0.119. The zero-order valence-corrected chi connectivity index (χ0v) is 18.4. The fourth-order valence-electron chi connectivity index (χ4n) is 3.22. The number of hydrogen-bond acceptors (Lipinski definition) is 3. The normalized spacial score (nSPS) is 12.3. The topological polar surface area (TPSA) is 64.7 Å². The largest absolute Gasteiger partial charge is 0.321 e. The van der Waals surface area contributed by atoms with Gasteiger partial charge in [0.05, 0.1) is 40.0 Å². The first-order valence-corrected chi connectivity index (χ1v) is 9.86. The van der Waals surface area contributed by atoms with E-state index >= 15 is 0 Å². The number of nitrogens with one attached hydrogen (secondary N) is 1. The van der Waals surface area contributed by atoms with E-state index in [1.807, 2.05) is 13.8 Å². The highest BCUT2D eigenvalue weighted by molar-refractivity contribution is 6.32. The number of nitrogens with zero attached hydrogens (tertiary/aromatic N) is 4. The highest BCUT2D eigenvalue weighted by Gasteiger charge is 2.23. The Hall–Kier alpha value is -2.38. The molecule has 0 radical (unpaired) electrons. The first-order chi connectivity index (χ1) is 13.6. The smallest absolute Gasteiger partial charge is 0.249 e. The summed E-state index contributed by atoms with van der Waals surface area (Å²) >= 11 is 12.3.